The first-order valence-corrected chi connectivity index (χ1v) is 5.23. The van der Waals surface area contributed by atoms with Crippen molar-refractivity contribution in [3.05, 3.63) is 35.4 Å². The molecule has 2 rings (SSSR count). The summed E-state index contributed by atoms with van der Waals surface area (Å²) >= 11 is 0. The van der Waals surface area contributed by atoms with E-state index in [1.165, 1.54) is 12.1 Å². The quantitative estimate of drug-likeness (QED) is 0.850. The van der Waals surface area contributed by atoms with Gasteiger partial charge in [0.2, 0.25) is 0 Å². The summed E-state index contributed by atoms with van der Waals surface area (Å²) in [6, 6.07) is 3.71. The van der Waals surface area contributed by atoms with Gasteiger partial charge in [-0.15, -0.1) is 0 Å². The number of hydrogen-bond acceptors (Lipinski definition) is 2. The second-order valence-electron chi connectivity index (χ2n) is 4.14. The van der Waals surface area contributed by atoms with Crippen LogP contribution >= 0.6 is 0 Å². The molecule has 1 atom stereocenters. The van der Waals surface area contributed by atoms with Crippen molar-refractivity contribution in [2.75, 3.05) is 0 Å². The maximum absolute atomic E-state index is 13.2. The van der Waals surface area contributed by atoms with Crippen LogP contribution < -0.4 is 0 Å². The summed E-state index contributed by atoms with van der Waals surface area (Å²) in [5.41, 5.74) is 0.00435. The summed E-state index contributed by atoms with van der Waals surface area (Å²) in [6.07, 6.45) is 0.390. The molecule has 0 spiro atoms. The minimum Gasteiger partial charge on any atom is -0.385 e. The van der Waals surface area contributed by atoms with Gasteiger partial charge >= 0.3 is 0 Å². The molecule has 1 aliphatic rings. The number of Topliss-reactive ketones (excluding diaryl/α,β-unsaturated/α-hetero) is 1. The Kier molecular flexibility index (Phi) is 3.01. The number of carbonyl (C=O) groups is 1. The highest BCUT2D eigenvalue weighted by molar-refractivity contribution is 5.85. The van der Waals surface area contributed by atoms with E-state index in [0.717, 1.165) is 18.9 Å². The normalized spacial score (nSPS) is 17.2. The SMILES string of the molecule is O=C(Cc1cccc(F)c1F)C(O)C1CC1. The van der Waals surface area contributed by atoms with Gasteiger partial charge in [-0.2, -0.15) is 0 Å². The van der Waals surface area contributed by atoms with E-state index in [1.807, 2.05) is 0 Å². The minimum atomic E-state index is -1.03. The van der Waals surface area contributed by atoms with Crippen molar-refractivity contribution in [1.29, 1.82) is 0 Å². The first-order chi connectivity index (χ1) is 7.59. The molecular weight excluding hydrogens is 214 g/mol. The van der Waals surface area contributed by atoms with Gasteiger partial charge < -0.3 is 5.11 Å². The predicted octanol–water partition coefficient (Wildman–Crippen LogP) is 1.85. The van der Waals surface area contributed by atoms with Gasteiger partial charge in [0, 0.05) is 6.42 Å². The number of ketones is 1. The fourth-order valence-electron chi connectivity index (χ4n) is 1.65. The zero-order valence-corrected chi connectivity index (χ0v) is 8.62. The van der Waals surface area contributed by atoms with Crippen LogP contribution in [0.2, 0.25) is 0 Å². The molecule has 0 bridgehead atoms. The number of halogens is 2. The molecule has 1 N–H and O–H groups in total. The topological polar surface area (TPSA) is 37.3 Å². The maximum atomic E-state index is 13.2. The molecule has 0 radical (unpaired) electrons. The lowest BCUT2D eigenvalue weighted by molar-refractivity contribution is -0.127. The summed E-state index contributed by atoms with van der Waals surface area (Å²) in [7, 11) is 0. The van der Waals surface area contributed by atoms with E-state index < -0.39 is 23.5 Å². The van der Waals surface area contributed by atoms with Crippen molar-refractivity contribution in [3.8, 4) is 0 Å². The van der Waals surface area contributed by atoms with Gasteiger partial charge in [0.05, 0.1) is 0 Å². The standard InChI is InChI=1S/C12H12F2O2/c13-9-3-1-2-8(11(9)14)6-10(15)12(16)7-4-5-7/h1-3,7,12,16H,4-6H2. The summed E-state index contributed by atoms with van der Waals surface area (Å²) in [5, 5.41) is 9.51. The van der Waals surface area contributed by atoms with E-state index in [1.54, 1.807) is 0 Å². The molecule has 0 saturated heterocycles. The van der Waals surface area contributed by atoms with Crippen LogP contribution in [0.3, 0.4) is 0 Å². The smallest absolute Gasteiger partial charge is 0.166 e. The Morgan fingerprint density at radius 3 is 2.75 bits per heavy atom. The molecule has 16 heavy (non-hydrogen) atoms. The molecule has 1 aromatic rings. The van der Waals surface area contributed by atoms with Gasteiger partial charge in [0.1, 0.15) is 6.10 Å². The molecule has 1 aliphatic carbocycles. The lowest BCUT2D eigenvalue weighted by Gasteiger charge is -2.08. The summed E-state index contributed by atoms with van der Waals surface area (Å²) in [4.78, 5) is 11.5. The van der Waals surface area contributed by atoms with E-state index in [9.17, 15) is 18.7 Å². The first kappa shape index (κ1) is 11.2. The Morgan fingerprint density at radius 2 is 2.12 bits per heavy atom. The molecule has 0 aromatic heterocycles. The molecule has 2 nitrogen and oxygen atoms in total. The molecule has 1 aromatic carbocycles. The largest absolute Gasteiger partial charge is 0.385 e. The van der Waals surface area contributed by atoms with Gasteiger partial charge in [-0.3, -0.25) is 4.79 Å². The first-order valence-electron chi connectivity index (χ1n) is 5.23. The Labute approximate surface area is 91.9 Å². The van der Waals surface area contributed by atoms with Crippen LogP contribution in [0, 0.1) is 17.6 Å². The van der Waals surface area contributed by atoms with E-state index >= 15 is 0 Å². The number of aliphatic hydroxyl groups is 1. The highest BCUT2D eigenvalue weighted by atomic mass is 19.2. The second kappa shape index (κ2) is 4.29. The van der Waals surface area contributed by atoms with Crippen LogP contribution in [0.25, 0.3) is 0 Å². The molecule has 0 amide bonds. The van der Waals surface area contributed by atoms with Gasteiger partial charge in [0.15, 0.2) is 17.4 Å². The lowest BCUT2D eigenvalue weighted by atomic mass is 10.0. The van der Waals surface area contributed by atoms with E-state index in [2.05, 4.69) is 0 Å². The third-order valence-corrected chi connectivity index (χ3v) is 2.79. The molecule has 0 heterocycles. The Hall–Kier alpha value is -1.29. The Balaban J connectivity index is 2.08. The van der Waals surface area contributed by atoms with Crippen molar-refractivity contribution in [2.45, 2.75) is 25.4 Å². The van der Waals surface area contributed by atoms with E-state index in [0.29, 0.717) is 0 Å². The Morgan fingerprint density at radius 1 is 1.44 bits per heavy atom. The zero-order valence-electron chi connectivity index (χ0n) is 8.62. The molecule has 4 heteroatoms. The van der Waals surface area contributed by atoms with Crippen LogP contribution in [-0.4, -0.2) is 17.0 Å². The predicted molar refractivity (Wildman–Crippen MR) is 53.8 cm³/mol. The average molecular weight is 226 g/mol. The third-order valence-electron chi connectivity index (χ3n) is 2.79. The minimum absolute atomic E-state index is 0.00435. The van der Waals surface area contributed by atoms with Crippen molar-refractivity contribution in [1.82, 2.24) is 0 Å². The van der Waals surface area contributed by atoms with Gasteiger partial charge in [-0.25, -0.2) is 8.78 Å². The van der Waals surface area contributed by atoms with Crippen LogP contribution in [-0.2, 0) is 11.2 Å². The summed E-state index contributed by atoms with van der Waals surface area (Å²) in [6.45, 7) is 0. The highest BCUT2D eigenvalue weighted by Gasteiger charge is 2.34. The van der Waals surface area contributed by atoms with E-state index in [-0.39, 0.29) is 17.9 Å². The van der Waals surface area contributed by atoms with Gasteiger partial charge in [-0.05, 0) is 30.4 Å². The second-order valence-corrected chi connectivity index (χ2v) is 4.14. The zero-order chi connectivity index (χ0) is 11.7. The lowest BCUT2D eigenvalue weighted by Crippen LogP contribution is -2.24. The molecule has 1 unspecified atom stereocenters. The number of benzene rings is 1. The van der Waals surface area contributed by atoms with Crippen molar-refractivity contribution >= 4 is 5.78 Å². The number of hydrogen-bond donors (Lipinski definition) is 1. The summed E-state index contributed by atoms with van der Waals surface area (Å²) in [5.74, 6) is -2.39. The van der Waals surface area contributed by atoms with Crippen LogP contribution in [0.4, 0.5) is 8.78 Å². The molecule has 1 fully saturated rings. The average Bonchev–Trinajstić information content (AvgIpc) is 3.07. The molecule has 0 aliphatic heterocycles. The van der Waals surface area contributed by atoms with Crippen LogP contribution in [0.1, 0.15) is 18.4 Å². The number of aliphatic hydroxyl groups excluding tert-OH is 1. The Bertz CT molecular complexity index is 413. The van der Waals surface area contributed by atoms with E-state index in [4.69, 9.17) is 0 Å². The number of rotatable bonds is 4. The van der Waals surface area contributed by atoms with Gasteiger partial charge in [0.25, 0.3) is 0 Å². The number of carbonyl (C=O) groups excluding carboxylic acids is 1. The van der Waals surface area contributed by atoms with Crippen LogP contribution in [0.15, 0.2) is 18.2 Å². The highest BCUT2D eigenvalue weighted by Crippen LogP contribution is 2.33. The van der Waals surface area contributed by atoms with Crippen LogP contribution in [0.5, 0.6) is 0 Å². The van der Waals surface area contributed by atoms with Crippen molar-refractivity contribution < 1.29 is 18.7 Å². The molecular formula is C12H12F2O2. The molecule has 1 saturated carbocycles. The fraction of sp³-hybridized carbons (Fsp3) is 0.417. The van der Waals surface area contributed by atoms with Crippen molar-refractivity contribution in [2.24, 2.45) is 5.92 Å². The van der Waals surface area contributed by atoms with Crippen molar-refractivity contribution in [3.63, 3.8) is 0 Å². The maximum Gasteiger partial charge on any atom is 0.166 e. The fourth-order valence-corrected chi connectivity index (χ4v) is 1.65. The molecule has 86 valence electrons. The van der Waals surface area contributed by atoms with Gasteiger partial charge in [-0.1, -0.05) is 12.1 Å². The third kappa shape index (κ3) is 2.27. The monoisotopic (exact) mass is 226 g/mol. The summed E-state index contributed by atoms with van der Waals surface area (Å²) < 4.78 is 26.1.